The van der Waals surface area contributed by atoms with Gasteiger partial charge in [-0.1, -0.05) is 60.7 Å². The van der Waals surface area contributed by atoms with E-state index in [1.807, 2.05) is 72.8 Å². The molecule has 0 bridgehead atoms. The van der Waals surface area contributed by atoms with Gasteiger partial charge in [0.25, 0.3) is 10.1 Å². The van der Waals surface area contributed by atoms with Gasteiger partial charge in [0.2, 0.25) is 11.7 Å². The van der Waals surface area contributed by atoms with Gasteiger partial charge in [-0.05, 0) is 53.3 Å². The monoisotopic (exact) mass is 566 g/mol. The number of benzene rings is 4. The van der Waals surface area contributed by atoms with Crippen LogP contribution in [0.25, 0.3) is 21.9 Å². The number of anilines is 1. The molecule has 9 heteroatoms. The summed E-state index contributed by atoms with van der Waals surface area (Å²) < 4.78 is 43.5. The molecule has 5 rings (SSSR count). The topological polar surface area (TPSA) is 117 Å². The number of ether oxygens (including phenoxy) is 2. The van der Waals surface area contributed by atoms with Crippen LogP contribution in [-0.2, 0) is 10.1 Å². The van der Waals surface area contributed by atoms with Gasteiger partial charge in [0.1, 0.15) is 17.4 Å². The van der Waals surface area contributed by atoms with Crippen LogP contribution >= 0.6 is 0 Å². The highest BCUT2D eigenvalue weighted by atomic mass is 32.2. The van der Waals surface area contributed by atoms with Gasteiger partial charge in [-0.25, -0.2) is 0 Å². The van der Waals surface area contributed by atoms with Crippen molar-refractivity contribution in [1.29, 1.82) is 5.26 Å². The first-order chi connectivity index (χ1) is 19.8. The predicted molar refractivity (Wildman–Crippen MR) is 157 cm³/mol. The number of rotatable bonds is 9. The lowest BCUT2D eigenvalue weighted by Gasteiger charge is -2.18. The molecule has 206 valence electrons. The van der Waals surface area contributed by atoms with Gasteiger partial charge in [-0.15, -0.1) is 0 Å². The number of allylic oxidation sites excluding steroid dienone is 3. The molecule has 0 amide bonds. The van der Waals surface area contributed by atoms with Gasteiger partial charge in [-0.3, -0.25) is 9.35 Å². The van der Waals surface area contributed by atoms with E-state index < -0.39 is 21.7 Å². The van der Waals surface area contributed by atoms with Crippen molar-refractivity contribution in [2.75, 3.05) is 24.3 Å². The summed E-state index contributed by atoms with van der Waals surface area (Å²) in [4.78, 5) is 15.2. The molecule has 1 heterocycles. The van der Waals surface area contributed by atoms with Crippen LogP contribution in [-0.4, -0.2) is 38.2 Å². The average Bonchev–Trinajstić information content (AvgIpc) is 3.33. The van der Waals surface area contributed by atoms with Crippen LogP contribution in [0.5, 0.6) is 11.5 Å². The number of Topliss-reactive ketones (excluding diaryl/α,β-unsaturated/α-hetero) is 1. The molecule has 8 nitrogen and oxygen atoms in total. The largest absolute Gasteiger partial charge is 0.496 e. The van der Waals surface area contributed by atoms with Crippen LogP contribution in [0.15, 0.2) is 109 Å². The summed E-state index contributed by atoms with van der Waals surface area (Å²) in [6.45, 7) is 0.212. The molecule has 1 N–H and O–H groups in total. The lowest BCUT2D eigenvalue weighted by atomic mass is 9.97. The Labute approximate surface area is 238 Å². The van der Waals surface area contributed by atoms with Crippen LogP contribution in [0, 0.1) is 11.3 Å². The molecule has 1 aliphatic rings. The molecular formula is C32H26N2O6S. The van der Waals surface area contributed by atoms with Crippen LogP contribution in [0.4, 0.5) is 5.69 Å². The summed E-state index contributed by atoms with van der Waals surface area (Å²) >= 11 is 0. The Morgan fingerprint density at radius 1 is 1.00 bits per heavy atom. The molecule has 1 aliphatic heterocycles. The highest BCUT2D eigenvalue weighted by Gasteiger charge is 2.27. The van der Waals surface area contributed by atoms with E-state index >= 15 is 0 Å². The van der Waals surface area contributed by atoms with E-state index in [9.17, 15) is 23.0 Å². The maximum absolute atomic E-state index is 13.5. The Kier molecular flexibility index (Phi) is 7.88. The molecule has 4 aromatic carbocycles. The summed E-state index contributed by atoms with van der Waals surface area (Å²) in [6.07, 6.45) is 3.05. The lowest BCUT2D eigenvalue weighted by molar-refractivity contribution is 0.104. The van der Waals surface area contributed by atoms with Gasteiger partial charge in [0, 0.05) is 23.6 Å². The zero-order chi connectivity index (χ0) is 29.0. The Bertz CT molecular complexity index is 1840. The predicted octanol–water partition coefficient (Wildman–Crippen LogP) is 6.17. The molecule has 0 aliphatic carbocycles. The molecule has 0 radical (unpaired) electrons. The van der Waals surface area contributed by atoms with E-state index in [2.05, 4.69) is 0 Å². The van der Waals surface area contributed by atoms with Gasteiger partial charge >= 0.3 is 0 Å². The standard InChI is InChI=1S/C32H26N2O6S/c1-39-29-16-14-27(25-10-5-6-11-26(25)29)32(35)24(21-33)13-17-31-34(18-7-19-41(36,37)38)28-20-23(12-15-30(28)40-31)22-8-3-2-4-9-22/h2-6,8-17,20H,7,18-19H2,1H3,(H,36,37,38)/b24-13+,31-17+. The van der Waals surface area contributed by atoms with Crippen LogP contribution in [0.1, 0.15) is 16.8 Å². The summed E-state index contributed by atoms with van der Waals surface area (Å²) in [5.41, 5.74) is 2.89. The number of carbonyl (C=O) groups excluding carboxylic acids is 1. The van der Waals surface area contributed by atoms with E-state index in [-0.39, 0.29) is 18.5 Å². The van der Waals surface area contributed by atoms with Crippen molar-refractivity contribution in [1.82, 2.24) is 0 Å². The second kappa shape index (κ2) is 11.7. The van der Waals surface area contributed by atoms with Crippen LogP contribution in [0.3, 0.4) is 0 Å². The number of hydrogen-bond donors (Lipinski definition) is 1. The Morgan fingerprint density at radius 3 is 2.44 bits per heavy atom. The number of hydrogen-bond acceptors (Lipinski definition) is 7. The molecule has 41 heavy (non-hydrogen) atoms. The van der Waals surface area contributed by atoms with Crippen molar-refractivity contribution < 1.29 is 27.2 Å². The first kappa shape index (κ1) is 27.6. The van der Waals surface area contributed by atoms with E-state index in [4.69, 9.17) is 9.47 Å². The van der Waals surface area contributed by atoms with E-state index in [0.29, 0.717) is 34.0 Å². The normalized spacial score (nSPS) is 14.0. The van der Waals surface area contributed by atoms with E-state index in [1.54, 1.807) is 30.2 Å². The minimum absolute atomic E-state index is 0.102. The molecule has 4 aromatic rings. The minimum Gasteiger partial charge on any atom is -0.496 e. The highest BCUT2D eigenvalue weighted by Crippen LogP contribution is 2.42. The fourth-order valence-electron chi connectivity index (χ4n) is 4.78. The molecule has 0 atom stereocenters. The number of methoxy groups -OCH3 is 1. The fraction of sp³-hybridized carbons (Fsp3) is 0.125. The number of nitriles is 1. The molecule has 0 saturated heterocycles. The van der Waals surface area contributed by atoms with Crippen LogP contribution < -0.4 is 14.4 Å². The van der Waals surface area contributed by atoms with Gasteiger partial charge < -0.3 is 14.4 Å². The molecule has 0 unspecified atom stereocenters. The zero-order valence-electron chi connectivity index (χ0n) is 22.2. The number of fused-ring (bicyclic) bond motifs is 2. The molecule has 0 spiro atoms. The third-order valence-electron chi connectivity index (χ3n) is 6.73. The van der Waals surface area contributed by atoms with E-state index in [1.165, 1.54) is 12.2 Å². The van der Waals surface area contributed by atoms with Crippen molar-refractivity contribution in [3.05, 3.63) is 114 Å². The first-order valence-corrected chi connectivity index (χ1v) is 14.4. The Morgan fingerprint density at radius 2 is 1.73 bits per heavy atom. The molecule has 0 fully saturated rings. The number of carbonyl (C=O) groups is 1. The fourth-order valence-corrected chi connectivity index (χ4v) is 5.28. The quantitative estimate of drug-likeness (QED) is 0.111. The van der Waals surface area contributed by atoms with Crippen molar-refractivity contribution in [3.63, 3.8) is 0 Å². The van der Waals surface area contributed by atoms with E-state index in [0.717, 1.165) is 16.5 Å². The third kappa shape index (κ3) is 5.99. The maximum Gasteiger partial charge on any atom is 0.264 e. The van der Waals surface area contributed by atoms with Gasteiger partial charge in [0.05, 0.1) is 18.6 Å². The summed E-state index contributed by atoms with van der Waals surface area (Å²) in [5.74, 6) is 0.604. The Hall–Kier alpha value is -4.91. The van der Waals surface area contributed by atoms with Crippen molar-refractivity contribution in [2.24, 2.45) is 0 Å². The summed E-state index contributed by atoms with van der Waals surface area (Å²) in [5, 5.41) is 11.3. The van der Waals surface area contributed by atoms with Gasteiger partial charge in [0.15, 0.2) is 5.75 Å². The summed E-state index contributed by atoms with van der Waals surface area (Å²) in [6, 6.07) is 28.1. The second-order valence-electron chi connectivity index (χ2n) is 9.33. The molecule has 0 aromatic heterocycles. The van der Waals surface area contributed by atoms with Crippen molar-refractivity contribution in [3.8, 4) is 28.7 Å². The highest BCUT2D eigenvalue weighted by molar-refractivity contribution is 7.85. The number of nitrogens with zero attached hydrogens (tertiary/aromatic N) is 2. The second-order valence-corrected chi connectivity index (χ2v) is 10.9. The lowest BCUT2D eigenvalue weighted by Crippen LogP contribution is -2.23. The molecule has 0 saturated carbocycles. The third-order valence-corrected chi connectivity index (χ3v) is 7.53. The average molecular weight is 567 g/mol. The minimum atomic E-state index is -4.15. The number of ketones is 1. The van der Waals surface area contributed by atoms with Crippen molar-refractivity contribution >= 4 is 32.4 Å². The Balaban J connectivity index is 1.50. The van der Waals surface area contributed by atoms with Gasteiger partial charge in [-0.2, -0.15) is 13.7 Å². The summed E-state index contributed by atoms with van der Waals surface area (Å²) in [7, 11) is -2.60. The van der Waals surface area contributed by atoms with Crippen molar-refractivity contribution in [2.45, 2.75) is 6.42 Å². The SMILES string of the molecule is COc1ccc(C(=O)/C(C#N)=C/C=C2/Oc3ccc(-c4ccccc4)cc3N2CCCS(=O)(=O)O)c2ccccc12. The zero-order valence-corrected chi connectivity index (χ0v) is 23.0. The first-order valence-electron chi connectivity index (χ1n) is 12.8. The van der Waals surface area contributed by atoms with Crippen LogP contribution in [0.2, 0.25) is 0 Å². The molecular weight excluding hydrogens is 540 g/mol. The smallest absolute Gasteiger partial charge is 0.264 e. The maximum atomic E-state index is 13.5.